The summed E-state index contributed by atoms with van der Waals surface area (Å²) in [6, 6.07) is 4.32. The predicted molar refractivity (Wildman–Crippen MR) is 78.7 cm³/mol. The first kappa shape index (κ1) is 14.0. The summed E-state index contributed by atoms with van der Waals surface area (Å²) in [4.78, 5) is 0. The quantitative estimate of drug-likeness (QED) is 0.882. The molecule has 0 amide bonds. The number of anilines is 1. The maximum atomic E-state index is 13.2. The van der Waals surface area contributed by atoms with E-state index in [0.29, 0.717) is 23.0 Å². The molecule has 1 aliphatic rings. The van der Waals surface area contributed by atoms with Crippen molar-refractivity contribution in [2.75, 3.05) is 5.73 Å². The molecule has 2 N–H and O–H groups in total. The number of tetrazole rings is 1. The van der Waals surface area contributed by atoms with E-state index in [4.69, 9.17) is 5.73 Å². The molecule has 1 aromatic carbocycles. The Balaban J connectivity index is 1.80. The van der Waals surface area contributed by atoms with Crippen LogP contribution >= 0.6 is 0 Å². The van der Waals surface area contributed by atoms with Crippen molar-refractivity contribution in [2.45, 2.75) is 39.2 Å². The van der Waals surface area contributed by atoms with Gasteiger partial charge < -0.3 is 5.73 Å². The molecule has 1 aliphatic carbocycles. The fraction of sp³-hybridized carbons (Fsp3) is 0.533. The lowest BCUT2D eigenvalue weighted by Crippen LogP contribution is -2.19. The SMILES string of the molecule is CC1CCC(Cn2nnnc2-c2ccc(F)cc2N)CC1. The Bertz CT molecular complexity index is 616. The second-order valence-corrected chi connectivity index (χ2v) is 6.04. The fourth-order valence-electron chi connectivity index (χ4n) is 3.01. The van der Waals surface area contributed by atoms with E-state index in [1.165, 1.54) is 37.8 Å². The van der Waals surface area contributed by atoms with Gasteiger partial charge in [0.05, 0.1) is 0 Å². The molecule has 1 fully saturated rings. The summed E-state index contributed by atoms with van der Waals surface area (Å²) in [5, 5.41) is 11.9. The average Bonchev–Trinajstić information content (AvgIpc) is 2.89. The number of rotatable bonds is 3. The molecule has 112 valence electrons. The lowest BCUT2D eigenvalue weighted by Gasteiger charge is -2.26. The number of aromatic nitrogens is 4. The van der Waals surface area contributed by atoms with Crippen LogP contribution in [0, 0.1) is 17.7 Å². The molecule has 5 nitrogen and oxygen atoms in total. The monoisotopic (exact) mass is 289 g/mol. The van der Waals surface area contributed by atoms with Crippen LogP contribution in [0.15, 0.2) is 18.2 Å². The predicted octanol–water partition coefficient (Wildman–Crippen LogP) is 2.89. The van der Waals surface area contributed by atoms with Gasteiger partial charge in [0.15, 0.2) is 5.82 Å². The van der Waals surface area contributed by atoms with Crippen LogP contribution in [0.5, 0.6) is 0 Å². The first-order chi connectivity index (χ1) is 10.1. The highest BCUT2D eigenvalue weighted by atomic mass is 19.1. The Morgan fingerprint density at radius 1 is 1.29 bits per heavy atom. The second kappa shape index (κ2) is 5.79. The average molecular weight is 289 g/mol. The van der Waals surface area contributed by atoms with Crippen LogP contribution < -0.4 is 5.73 Å². The lowest BCUT2D eigenvalue weighted by atomic mass is 9.83. The summed E-state index contributed by atoms with van der Waals surface area (Å²) < 4.78 is 15.0. The Morgan fingerprint density at radius 2 is 2.05 bits per heavy atom. The number of hydrogen-bond donors (Lipinski definition) is 1. The van der Waals surface area contributed by atoms with Crippen molar-refractivity contribution < 1.29 is 4.39 Å². The number of nitrogen functional groups attached to an aromatic ring is 1. The van der Waals surface area contributed by atoms with E-state index in [1.807, 2.05) is 0 Å². The number of halogens is 1. The van der Waals surface area contributed by atoms with Crippen LogP contribution in [0.2, 0.25) is 0 Å². The molecule has 0 radical (unpaired) electrons. The first-order valence-corrected chi connectivity index (χ1v) is 7.45. The maximum Gasteiger partial charge on any atom is 0.184 e. The third-order valence-electron chi connectivity index (χ3n) is 4.35. The highest BCUT2D eigenvalue weighted by Crippen LogP contribution is 2.31. The van der Waals surface area contributed by atoms with Crippen LogP contribution in [0.25, 0.3) is 11.4 Å². The van der Waals surface area contributed by atoms with Gasteiger partial charge in [0.1, 0.15) is 5.82 Å². The zero-order valence-electron chi connectivity index (χ0n) is 12.2. The molecule has 6 heteroatoms. The van der Waals surface area contributed by atoms with E-state index < -0.39 is 0 Å². The van der Waals surface area contributed by atoms with Crippen molar-refractivity contribution in [3.63, 3.8) is 0 Å². The molecule has 0 aliphatic heterocycles. The minimum absolute atomic E-state index is 0.350. The zero-order valence-corrected chi connectivity index (χ0v) is 12.2. The van der Waals surface area contributed by atoms with Crippen molar-refractivity contribution in [3.05, 3.63) is 24.0 Å². The summed E-state index contributed by atoms with van der Waals surface area (Å²) >= 11 is 0. The highest BCUT2D eigenvalue weighted by molar-refractivity contribution is 5.71. The summed E-state index contributed by atoms with van der Waals surface area (Å²) in [5.41, 5.74) is 6.93. The minimum atomic E-state index is -0.350. The van der Waals surface area contributed by atoms with Gasteiger partial charge in [0.2, 0.25) is 0 Å². The van der Waals surface area contributed by atoms with Gasteiger partial charge in [-0.05, 0) is 53.3 Å². The second-order valence-electron chi connectivity index (χ2n) is 6.04. The number of hydrogen-bond acceptors (Lipinski definition) is 4. The third-order valence-corrected chi connectivity index (χ3v) is 4.35. The molecular formula is C15H20FN5. The van der Waals surface area contributed by atoms with Crippen molar-refractivity contribution in [2.24, 2.45) is 11.8 Å². The summed E-state index contributed by atoms with van der Waals surface area (Å²) in [7, 11) is 0. The molecule has 0 unspecified atom stereocenters. The van der Waals surface area contributed by atoms with E-state index in [9.17, 15) is 4.39 Å². The van der Waals surface area contributed by atoms with Gasteiger partial charge in [-0.15, -0.1) is 5.10 Å². The number of benzene rings is 1. The molecule has 0 spiro atoms. The summed E-state index contributed by atoms with van der Waals surface area (Å²) in [6.45, 7) is 3.10. The van der Waals surface area contributed by atoms with E-state index >= 15 is 0 Å². The van der Waals surface area contributed by atoms with Crippen LogP contribution in [0.1, 0.15) is 32.6 Å². The van der Waals surface area contributed by atoms with Crippen molar-refractivity contribution in [1.29, 1.82) is 0 Å². The smallest absolute Gasteiger partial charge is 0.184 e. The van der Waals surface area contributed by atoms with Crippen LogP contribution in [0.4, 0.5) is 10.1 Å². The molecule has 21 heavy (non-hydrogen) atoms. The maximum absolute atomic E-state index is 13.2. The Kier molecular flexibility index (Phi) is 3.86. The highest BCUT2D eigenvalue weighted by Gasteiger charge is 2.21. The van der Waals surface area contributed by atoms with Crippen molar-refractivity contribution in [3.8, 4) is 11.4 Å². The molecule has 1 heterocycles. The lowest BCUT2D eigenvalue weighted by molar-refractivity contribution is 0.257. The van der Waals surface area contributed by atoms with Gasteiger partial charge in [0, 0.05) is 17.8 Å². The van der Waals surface area contributed by atoms with E-state index in [2.05, 4.69) is 22.4 Å². The van der Waals surface area contributed by atoms with Crippen LogP contribution in [-0.2, 0) is 6.54 Å². The van der Waals surface area contributed by atoms with Gasteiger partial charge in [-0.2, -0.15) is 0 Å². The molecule has 2 aromatic rings. The van der Waals surface area contributed by atoms with E-state index in [1.54, 1.807) is 10.7 Å². The molecular weight excluding hydrogens is 269 g/mol. The van der Waals surface area contributed by atoms with Crippen LogP contribution in [0.3, 0.4) is 0 Å². The van der Waals surface area contributed by atoms with Crippen molar-refractivity contribution >= 4 is 5.69 Å². The largest absolute Gasteiger partial charge is 0.398 e. The van der Waals surface area contributed by atoms with Gasteiger partial charge >= 0.3 is 0 Å². The molecule has 3 rings (SSSR count). The van der Waals surface area contributed by atoms with Gasteiger partial charge in [-0.1, -0.05) is 19.8 Å². The van der Waals surface area contributed by atoms with Gasteiger partial charge in [-0.3, -0.25) is 0 Å². The Hall–Kier alpha value is -1.98. The van der Waals surface area contributed by atoms with Gasteiger partial charge in [0.25, 0.3) is 0 Å². The molecule has 0 atom stereocenters. The molecule has 0 saturated heterocycles. The normalized spacial score (nSPS) is 22.4. The first-order valence-electron chi connectivity index (χ1n) is 7.45. The topological polar surface area (TPSA) is 69.6 Å². The number of nitrogens with zero attached hydrogens (tertiary/aromatic N) is 4. The van der Waals surface area contributed by atoms with Crippen LogP contribution in [-0.4, -0.2) is 20.2 Å². The number of nitrogens with two attached hydrogens (primary N) is 1. The summed E-state index contributed by atoms with van der Waals surface area (Å²) in [6.07, 6.45) is 4.94. The van der Waals surface area contributed by atoms with Gasteiger partial charge in [-0.25, -0.2) is 9.07 Å². The minimum Gasteiger partial charge on any atom is -0.398 e. The van der Waals surface area contributed by atoms with E-state index in [-0.39, 0.29) is 5.82 Å². The van der Waals surface area contributed by atoms with Crippen molar-refractivity contribution in [1.82, 2.24) is 20.2 Å². The fourth-order valence-corrected chi connectivity index (χ4v) is 3.01. The zero-order chi connectivity index (χ0) is 14.8. The Morgan fingerprint density at radius 3 is 2.76 bits per heavy atom. The third kappa shape index (κ3) is 3.04. The standard InChI is InChI=1S/C15H20FN5/c1-10-2-4-11(5-3-10)9-21-15(18-19-20-21)13-7-6-12(16)8-14(13)17/h6-8,10-11H,2-5,9,17H2,1H3. The Labute approximate surface area is 123 Å². The molecule has 0 bridgehead atoms. The van der Waals surface area contributed by atoms with E-state index in [0.717, 1.165) is 12.5 Å². The molecule has 1 aromatic heterocycles. The summed E-state index contributed by atoms with van der Waals surface area (Å²) in [5.74, 6) is 1.69. The molecule has 1 saturated carbocycles.